The number of carbonyl (C=O) groups is 1. The lowest BCUT2D eigenvalue weighted by Crippen LogP contribution is -2.38. The summed E-state index contributed by atoms with van der Waals surface area (Å²) in [6.07, 6.45) is 5.82. The van der Waals surface area contributed by atoms with Crippen LogP contribution in [0.15, 0.2) is 48.7 Å². The summed E-state index contributed by atoms with van der Waals surface area (Å²) in [6.45, 7) is 3.57. The highest BCUT2D eigenvalue weighted by atomic mass is 32.1. The van der Waals surface area contributed by atoms with Crippen LogP contribution in [0, 0.1) is 12.7 Å². The van der Waals surface area contributed by atoms with Crippen LogP contribution in [-0.2, 0) is 11.2 Å². The Morgan fingerprint density at radius 3 is 2.68 bits per heavy atom. The standard InChI is InChI=1S/C24H27FN4OS/c1-17-16-26-24(31-17)28-22-6-3-5-21(27-22)19-12-14-29(15-13-19)23(30)7-2-4-18-8-10-20(25)11-9-18/h3,5-6,8-11,16,19H,2,4,7,12-15H2,1H3,(H,26,27,28). The molecule has 0 saturated carbocycles. The molecule has 0 bridgehead atoms. The minimum absolute atomic E-state index is 0.211. The van der Waals surface area contributed by atoms with E-state index in [0.29, 0.717) is 12.3 Å². The summed E-state index contributed by atoms with van der Waals surface area (Å²) in [5.41, 5.74) is 2.14. The molecule has 0 atom stereocenters. The van der Waals surface area contributed by atoms with E-state index in [9.17, 15) is 9.18 Å². The maximum Gasteiger partial charge on any atom is 0.222 e. The average Bonchev–Trinajstić information content (AvgIpc) is 3.20. The molecule has 1 aliphatic rings. The van der Waals surface area contributed by atoms with Gasteiger partial charge in [0.15, 0.2) is 5.13 Å². The van der Waals surface area contributed by atoms with Gasteiger partial charge in [0.2, 0.25) is 5.91 Å². The van der Waals surface area contributed by atoms with Gasteiger partial charge in [0.25, 0.3) is 0 Å². The summed E-state index contributed by atoms with van der Waals surface area (Å²) >= 11 is 1.61. The van der Waals surface area contributed by atoms with Crippen LogP contribution in [0.25, 0.3) is 0 Å². The molecule has 2 aromatic heterocycles. The number of rotatable bonds is 7. The van der Waals surface area contributed by atoms with Gasteiger partial charge in [0.05, 0.1) is 0 Å². The fourth-order valence-corrected chi connectivity index (χ4v) is 4.62. The molecule has 5 nitrogen and oxygen atoms in total. The van der Waals surface area contributed by atoms with Crippen molar-refractivity contribution >= 4 is 28.2 Å². The minimum atomic E-state index is -0.225. The number of benzene rings is 1. The van der Waals surface area contributed by atoms with Crippen molar-refractivity contribution in [3.05, 3.63) is 70.6 Å². The van der Waals surface area contributed by atoms with E-state index in [1.807, 2.05) is 30.2 Å². The van der Waals surface area contributed by atoms with Crippen molar-refractivity contribution in [2.45, 2.75) is 44.9 Å². The number of hydrogen-bond acceptors (Lipinski definition) is 5. The highest BCUT2D eigenvalue weighted by molar-refractivity contribution is 7.15. The summed E-state index contributed by atoms with van der Waals surface area (Å²) in [5.74, 6) is 1.16. The molecule has 1 saturated heterocycles. The number of aromatic nitrogens is 2. The first kappa shape index (κ1) is 21.4. The van der Waals surface area contributed by atoms with E-state index in [1.54, 1.807) is 23.5 Å². The molecule has 7 heteroatoms. The first-order chi connectivity index (χ1) is 15.1. The topological polar surface area (TPSA) is 58.1 Å². The van der Waals surface area contributed by atoms with E-state index in [0.717, 1.165) is 65.9 Å². The fraction of sp³-hybridized carbons (Fsp3) is 0.375. The predicted molar refractivity (Wildman–Crippen MR) is 122 cm³/mol. The average molecular weight is 439 g/mol. The molecule has 1 amide bonds. The normalized spacial score (nSPS) is 14.6. The molecule has 1 aliphatic heterocycles. The summed E-state index contributed by atoms with van der Waals surface area (Å²) in [7, 11) is 0. The third kappa shape index (κ3) is 5.88. The Bertz CT molecular complexity index is 1010. The molecular weight excluding hydrogens is 411 g/mol. The molecule has 1 fully saturated rings. The lowest BCUT2D eigenvalue weighted by molar-refractivity contribution is -0.132. The zero-order valence-corrected chi connectivity index (χ0v) is 18.5. The van der Waals surface area contributed by atoms with E-state index in [2.05, 4.69) is 16.4 Å². The maximum absolute atomic E-state index is 13.0. The van der Waals surface area contributed by atoms with Crippen molar-refractivity contribution in [3.63, 3.8) is 0 Å². The van der Waals surface area contributed by atoms with Crippen LogP contribution in [0.3, 0.4) is 0 Å². The molecule has 1 N–H and O–H groups in total. The summed E-state index contributed by atoms with van der Waals surface area (Å²) in [6, 6.07) is 12.6. The second-order valence-electron chi connectivity index (χ2n) is 7.98. The van der Waals surface area contributed by atoms with E-state index in [4.69, 9.17) is 4.98 Å². The Balaban J connectivity index is 1.25. The van der Waals surface area contributed by atoms with E-state index in [1.165, 1.54) is 12.1 Å². The van der Waals surface area contributed by atoms with Crippen molar-refractivity contribution in [2.75, 3.05) is 18.4 Å². The van der Waals surface area contributed by atoms with E-state index in [-0.39, 0.29) is 11.7 Å². The van der Waals surface area contributed by atoms with Gasteiger partial charge in [0, 0.05) is 42.2 Å². The van der Waals surface area contributed by atoms with Crippen LogP contribution < -0.4 is 5.32 Å². The quantitative estimate of drug-likeness (QED) is 0.532. The van der Waals surface area contributed by atoms with E-state index >= 15 is 0 Å². The number of piperidine rings is 1. The van der Waals surface area contributed by atoms with Crippen molar-refractivity contribution in [1.82, 2.24) is 14.9 Å². The van der Waals surface area contributed by atoms with Crippen LogP contribution in [0.5, 0.6) is 0 Å². The van der Waals surface area contributed by atoms with Gasteiger partial charge in [-0.1, -0.05) is 18.2 Å². The van der Waals surface area contributed by atoms with Gasteiger partial charge in [-0.15, -0.1) is 11.3 Å². The Morgan fingerprint density at radius 2 is 1.97 bits per heavy atom. The molecule has 3 aromatic rings. The van der Waals surface area contributed by atoms with Gasteiger partial charge in [-0.3, -0.25) is 4.79 Å². The van der Waals surface area contributed by atoms with Gasteiger partial charge in [-0.25, -0.2) is 14.4 Å². The summed E-state index contributed by atoms with van der Waals surface area (Å²) < 4.78 is 13.0. The number of nitrogens with one attached hydrogen (secondary N) is 1. The van der Waals surface area contributed by atoms with E-state index < -0.39 is 0 Å². The first-order valence-corrected chi connectivity index (χ1v) is 11.6. The summed E-state index contributed by atoms with van der Waals surface area (Å²) in [5, 5.41) is 4.13. The first-order valence-electron chi connectivity index (χ1n) is 10.8. The number of likely N-dealkylation sites (tertiary alicyclic amines) is 1. The second-order valence-corrected chi connectivity index (χ2v) is 9.22. The molecule has 0 unspecified atom stereocenters. The van der Waals surface area contributed by atoms with Gasteiger partial charge in [-0.05, 0) is 62.4 Å². The van der Waals surface area contributed by atoms with Crippen LogP contribution in [-0.4, -0.2) is 33.9 Å². The zero-order valence-electron chi connectivity index (χ0n) is 17.7. The lowest BCUT2D eigenvalue weighted by atomic mass is 9.92. The number of halogens is 1. The van der Waals surface area contributed by atoms with Gasteiger partial charge in [-0.2, -0.15) is 0 Å². The third-order valence-corrected chi connectivity index (χ3v) is 6.49. The number of aryl methyl sites for hydroxylation is 2. The molecule has 0 aliphatic carbocycles. The molecular formula is C24H27FN4OS. The Kier molecular flexibility index (Phi) is 6.92. The van der Waals surface area contributed by atoms with Crippen molar-refractivity contribution in [2.24, 2.45) is 0 Å². The van der Waals surface area contributed by atoms with Crippen molar-refractivity contribution in [1.29, 1.82) is 0 Å². The molecule has 0 radical (unpaired) electrons. The lowest BCUT2D eigenvalue weighted by Gasteiger charge is -2.32. The molecule has 3 heterocycles. The number of hydrogen-bond donors (Lipinski definition) is 1. The monoisotopic (exact) mass is 438 g/mol. The highest BCUT2D eigenvalue weighted by Crippen LogP contribution is 2.29. The van der Waals surface area contributed by atoms with Crippen LogP contribution in [0.1, 0.15) is 47.7 Å². The summed E-state index contributed by atoms with van der Waals surface area (Å²) in [4.78, 5) is 24.8. The predicted octanol–water partition coefficient (Wildman–Crippen LogP) is 5.46. The maximum atomic E-state index is 13.0. The second kappa shape index (κ2) is 10.0. The van der Waals surface area contributed by atoms with Gasteiger partial charge < -0.3 is 10.2 Å². The number of carbonyl (C=O) groups excluding carboxylic acids is 1. The van der Waals surface area contributed by atoms with Gasteiger partial charge in [0.1, 0.15) is 11.6 Å². The smallest absolute Gasteiger partial charge is 0.222 e. The molecule has 0 spiro atoms. The Hall–Kier alpha value is -2.80. The highest BCUT2D eigenvalue weighted by Gasteiger charge is 2.24. The number of thiazole rings is 1. The molecule has 1 aromatic carbocycles. The van der Waals surface area contributed by atoms with Crippen molar-refractivity contribution in [3.8, 4) is 0 Å². The van der Waals surface area contributed by atoms with Crippen LogP contribution >= 0.6 is 11.3 Å². The number of pyridine rings is 1. The zero-order chi connectivity index (χ0) is 21.6. The SMILES string of the molecule is Cc1cnc(Nc2cccc(C3CCN(C(=O)CCCc4ccc(F)cc4)CC3)n2)s1. The minimum Gasteiger partial charge on any atom is -0.343 e. The number of nitrogens with zero attached hydrogens (tertiary/aromatic N) is 3. The number of anilines is 2. The fourth-order valence-electron chi connectivity index (χ4n) is 3.95. The van der Waals surface area contributed by atoms with Crippen LogP contribution in [0.2, 0.25) is 0 Å². The van der Waals surface area contributed by atoms with Crippen LogP contribution in [0.4, 0.5) is 15.3 Å². The van der Waals surface area contributed by atoms with Crippen molar-refractivity contribution < 1.29 is 9.18 Å². The molecule has 4 rings (SSSR count). The number of amides is 1. The largest absolute Gasteiger partial charge is 0.343 e. The third-order valence-electron chi connectivity index (χ3n) is 5.66. The Morgan fingerprint density at radius 1 is 1.19 bits per heavy atom. The molecule has 162 valence electrons. The Labute approximate surface area is 186 Å². The van der Waals surface area contributed by atoms with Gasteiger partial charge >= 0.3 is 0 Å². The molecule has 31 heavy (non-hydrogen) atoms.